The van der Waals surface area contributed by atoms with Gasteiger partial charge >= 0.3 is 0 Å². The van der Waals surface area contributed by atoms with Gasteiger partial charge in [-0.15, -0.1) is 0 Å². The van der Waals surface area contributed by atoms with Crippen molar-refractivity contribution in [3.63, 3.8) is 0 Å². The van der Waals surface area contributed by atoms with E-state index in [9.17, 15) is 4.79 Å². The summed E-state index contributed by atoms with van der Waals surface area (Å²) in [5, 5.41) is 6.01. The number of benzene rings is 1. The Bertz CT molecular complexity index is 643. The third-order valence-electron chi connectivity index (χ3n) is 3.16. The quantitative estimate of drug-likeness (QED) is 0.761. The summed E-state index contributed by atoms with van der Waals surface area (Å²) >= 11 is 3.40. The molecule has 1 aromatic carbocycles. The molecule has 0 bridgehead atoms. The van der Waals surface area contributed by atoms with Gasteiger partial charge < -0.3 is 10.6 Å². The highest BCUT2D eigenvalue weighted by Gasteiger charge is 2.10. The molecule has 0 saturated heterocycles. The number of anilines is 2. The van der Waals surface area contributed by atoms with Crippen molar-refractivity contribution >= 4 is 33.3 Å². The maximum absolute atomic E-state index is 12.2. The Kier molecular flexibility index (Phi) is 5.89. The van der Waals surface area contributed by atoms with Crippen LogP contribution in [0.5, 0.6) is 0 Å². The molecule has 0 saturated carbocycles. The van der Waals surface area contributed by atoms with Gasteiger partial charge in [0.15, 0.2) is 0 Å². The normalized spacial score (nSPS) is 10.3. The lowest BCUT2D eigenvalue weighted by Crippen LogP contribution is -2.15. The Hall–Kier alpha value is -1.95. The van der Waals surface area contributed by atoms with Crippen LogP contribution in [0.15, 0.2) is 35.1 Å². The number of amides is 1. The van der Waals surface area contributed by atoms with Gasteiger partial charge in [-0.3, -0.25) is 4.79 Å². The highest BCUT2D eigenvalue weighted by Crippen LogP contribution is 2.20. The van der Waals surface area contributed by atoms with Gasteiger partial charge in [-0.1, -0.05) is 29.3 Å². The number of nitrogens with zero attached hydrogens (tertiary/aromatic N) is 2. The average molecular weight is 363 g/mol. The molecule has 6 heteroatoms. The van der Waals surface area contributed by atoms with Gasteiger partial charge in [0.25, 0.3) is 5.91 Å². The maximum atomic E-state index is 12.2. The third kappa shape index (κ3) is 4.53. The van der Waals surface area contributed by atoms with E-state index in [1.54, 1.807) is 6.20 Å². The molecule has 22 heavy (non-hydrogen) atoms. The second kappa shape index (κ2) is 7.89. The number of hydrogen-bond acceptors (Lipinski definition) is 4. The number of aryl methyl sites for hydroxylation is 1. The Morgan fingerprint density at radius 1 is 1.27 bits per heavy atom. The monoisotopic (exact) mass is 362 g/mol. The van der Waals surface area contributed by atoms with Crippen LogP contribution in [-0.4, -0.2) is 22.4 Å². The lowest BCUT2D eigenvalue weighted by Gasteiger charge is -2.09. The number of aromatic nitrogens is 2. The SMILES string of the molecule is CCCCNc1cnc(C(=O)Nc2ccc(Br)cc2C)cn1. The van der Waals surface area contributed by atoms with Crippen molar-refractivity contribution in [3.8, 4) is 0 Å². The molecule has 2 rings (SSSR count). The van der Waals surface area contributed by atoms with E-state index in [4.69, 9.17) is 0 Å². The molecule has 0 aliphatic rings. The summed E-state index contributed by atoms with van der Waals surface area (Å²) in [5.41, 5.74) is 2.04. The molecule has 0 fully saturated rings. The summed E-state index contributed by atoms with van der Waals surface area (Å²) in [6.07, 6.45) is 5.26. The van der Waals surface area contributed by atoms with E-state index in [2.05, 4.69) is 43.5 Å². The molecule has 0 atom stereocenters. The minimum absolute atomic E-state index is 0.266. The molecule has 116 valence electrons. The topological polar surface area (TPSA) is 66.9 Å². The molecule has 0 aliphatic heterocycles. The number of hydrogen-bond donors (Lipinski definition) is 2. The molecule has 0 aliphatic carbocycles. The number of halogens is 1. The highest BCUT2D eigenvalue weighted by atomic mass is 79.9. The molecular formula is C16H19BrN4O. The Morgan fingerprint density at radius 2 is 2.09 bits per heavy atom. The van der Waals surface area contributed by atoms with Gasteiger partial charge in [-0.05, 0) is 37.1 Å². The summed E-state index contributed by atoms with van der Waals surface area (Å²) in [6, 6.07) is 5.68. The third-order valence-corrected chi connectivity index (χ3v) is 3.65. The second-order valence-electron chi connectivity index (χ2n) is 4.98. The molecule has 0 spiro atoms. The standard InChI is InChI=1S/C16H19BrN4O/c1-3-4-7-18-15-10-19-14(9-20-15)16(22)21-13-6-5-12(17)8-11(13)2/h5-6,8-10H,3-4,7H2,1-2H3,(H,18,20)(H,21,22). The summed E-state index contributed by atoms with van der Waals surface area (Å²) in [6.45, 7) is 4.92. The molecule has 1 heterocycles. The fourth-order valence-corrected chi connectivity index (χ4v) is 2.36. The fourth-order valence-electron chi connectivity index (χ4n) is 1.88. The number of unbranched alkanes of at least 4 members (excludes halogenated alkanes) is 1. The van der Waals surface area contributed by atoms with E-state index in [0.29, 0.717) is 11.5 Å². The van der Waals surface area contributed by atoms with E-state index < -0.39 is 0 Å². The molecular weight excluding hydrogens is 344 g/mol. The second-order valence-corrected chi connectivity index (χ2v) is 5.90. The predicted molar refractivity (Wildman–Crippen MR) is 92.3 cm³/mol. The van der Waals surface area contributed by atoms with Crippen molar-refractivity contribution in [2.24, 2.45) is 0 Å². The van der Waals surface area contributed by atoms with E-state index in [1.807, 2.05) is 25.1 Å². The van der Waals surface area contributed by atoms with Crippen LogP contribution >= 0.6 is 15.9 Å². The molecule has 2 N–H and O–H groups in total. The van der Waals surface area contributed by atoms with Crippen molar-refractivity contribution in [1.82, 2.24) is 9.97 Å². The summed E-state index contributed by atoms with van der Waals surface area (Å²) in [5.74, 6) is 0.419. The fraction of sp³-hybridized carbons (Fsp3) is 0.312. The van der Waals surface area contributed by atoms with Gasteiger partial charge in [-0.25, -0.2) is 9.97 Å². The van der Waals surface area contributed by atoms with Crippen LogP contribution in [-0.2, 0) is 0 Å². The summed E-state index contributed by atoms with van der Waals surface area (Å²) in [4.78, 5) is 20.5. The Morgan fingerprint density at radius 3 is 2.73 bits per heavy atom. The Labute approximate surface area is 138 Å². The molecule has 0 radical (unpaired) electrons. The van der Waals surface area contributed by atoms with Crippen LogP contribution in [0.4, 0.5) is 11.5 Å². The van der Waals surface area contributed by atoms with Crippen molar-refractivity contribution in [2.75, 3.05) is 17.2 Å². The van der Waals surface area contributed by atoms with Gasteiger partial charge in [0.1, 0.15) is 11.5 Å². The number of carbonyl (C=O) groups excluding carboxylic acids is 1. The molecule has 1 aromatic heterocycles. The number of carbonyl (C=O) groups is 1. The van der Waals surface area contributed by atoms with Crippen molar-refractivity contribution < 1.29 is 4.79 Å². The van der Waals surface area contributed by atoms with Gasteiger partial charge in [-0.2, -0.15) is 0 Å². The van der Waals surface area contributed by atoms with Crippen molar-refractivity contribution in [3.05, 3.63) is 46.3 Å². The van der Waals surface area contributed by atoms with Gasteiger partial charge in [0.05, 0.1) is 12.4 Å². The van der Waals surface area contributed by atoms with E-state index in [0.717, 1.165) is 35.1 Å². The number of nitrogens with one attached hydrogen (secondary N) is 2. The van der Waals surface area contributed by atoms with Crippen LogP contribution < -0.4 is 10.6 Å². The van der Waals surface area contributed by atoms with E-state index in [-0.39, 0.29) is 5.91 Å². The minimum Gasteiger partial charge on any atom is -0.369 e. The van der Waals surface area contributed by atoms with Crippen LogP contribution in [0.25, 0.3) is 0 Å². The zero-order valence-electron chi connectivity index (χ0n) is 12.7. The molecule has 5 nitrogen and oxygen atoms in total. The summed E-state index contributed by atoms with van der Waals surface area (Å²) in [7, 11) is 0. The first kappa shape index (κ1) is 16.4. The van der Waals surface area contributed by atoms with Crippen LogP contribution in [0.1, 0.15) is 35.8 Å². The predicted octanol–water partition coefficient (Wildman–Crippen LogP) is 4.01. The lowest BCUT2D eigenvalue weighted by molar-refractivity contribution is 0.102. The van der Waals surface area contributed by atoms with Crippen molar-refractivity contribution in [2.45, 2.75) is 26.7 Å². The largest absolute Gasteiger partial charge is 0.369 e. The first-order valence-electron chi connectivity index (χ1n) is 7.23. The van der Waals surface area contributed by atoms with E-state index in [1.165, 1.54) is 6.20 Å². The lowest BCUT2D eigenvalue weighted by atomic mass is 10.2. The van der Waals surface area contributed by atoms with Crippen LogP contribution in [0.2, 0.25) is 0 Å². The van der Waals surface area contributed by atoms with Crippen LogP contribution in [0.3, 0.4) is 0 Å². The Balaban J connectivity index is 2.00. The minimum atomic E-state index is -0.266. The zero-order chi connectivity index (χ0) is 15.9. The van der Waals surface area contributed by atoms with Gasteiger partial charge in [0.2, 0.25) is 0 Å². The number of rotatable bonds is 6. The average Bonchev–Trinajstić information content (AvgIpc) is 2.51. The summed E-state index contributed by atoms with van der Waals surface area (Å²) < 4.78 is 0.977. The highest BCUT2D eigenvalue weighted by molar-refractivity contribution is 9.10. The zero-order valence-corrected chi connectivity index (χ0v) is 14.3. The maximum Gasteiger partial charge on any atom is 0.275 e. The molecule has 2 aromatic rings. The van der Waals surface area contributed by atoms with Crippen LogP contribution in [0, 0.1) is 6.92 Å². The van der Waals surface area contributed by atoms with E-state index >= 15 is 0 Å². The molecule has 1 amide bonds. The first-order valence-corrected chi connectivity index (χ1v) is 8.03. The van der Waals surface area contributed by atoms with Gasteiger partial charge in [0, 0.05) is 16.7 Å². The smallest absolute Gasteiger partial charge is 0.275 e. The van der Waals surface area contributed by atoms with Crippen molar-refractivity contribution in [1.29, 1.82) is 0 Å². The first-order chi connectivity index (χ1) is 10.6. The molecule has 0 unspecified atom stereocenters.